The molecule has 0 aromatic rings. The second-order valence-electron chi connectivity index (χ2n) is 3.42. The number of aliphatic hydroxyl groups excluding tert-OH is 1. The normalized spacial score (nSPS) is 49.0. The fraction of sp³-hybridized carbons (Fsp3) is 1.00. The van der Waals surface area contributed by atoms with Crippen LogP contribution < -0.4 is 0 Å². The highest BCUT2D eigenvalue weighted by Crippen LogP contribution is 2.32. The summed E-state index contributed by atoms with van der Waals surface area (Å²) in [5, 5.41) is 9.24. The summed E-state index contributed by atoms with van der Waals surface area (Å²) in [4.78, 5) is 0. The Morgan fingerprint density at radius 1 is 1.40 bits per heavy atom. The van der Waals surface area contributed by atoms with Crippen LogP contribution in [0, 0.1) is 0 Å². The summed E-state index contributed by atoms with van der Waals surface area (Å²) in [6, 6.07) is 0. The molecule has 1 N–H and O–H groups in total. The lowest BCUT2D eigenvalue weighted by Crippen LogP contribution is -2.34. The second-order valence-corrected chi connectivity index (χ2v) is 3.42. The molecular weight excluding hydrogens is 126 g/mol. The molecule has 0 bridgehead atoms. The van der Waals surface area contributed by atoms with Crippen LogP contribution in [0.25, 0.3) is 0 Å². The molecule has 0 aromatic carbocycles. The molecule has 1 rings (SSSR count). The Hall–Kier alpha value is 0.0499. The minimum atomic E-state index is -0.536. The summed E-state index contributed by atoms with van der Waals surface area (Å²) in [6.45, 7) is 2.01. The van der Waals surface area contributed by atoms with E-state index in [1.807, 2.05) is 14.8 Å². The minimum absolute atomic E-state index is 0.214. The summed E-state index contributed by atoms with van der Waals surface area (Å²) in [7, 11) is 4.18. The third-order valence-corrected chi connectivity index (χ3v) is 2.39. The fourth-order valence-electron chi connectivity index (χ4n) is 1.38. The number of rotatable bonds is 0. The van der Waals surface area contributed by atoms with Crippen molar-refractivity contribution in [3.8, 4) is 0 Å². The molecule has 1 aliphatic heterocycles. The number of ether oxygens (including phenoxy) is 1. The Morgan fingerprint density at radius 2 is 2.00 bits per heavy atom. The second kappa shape index (κ2) is 2.97. The Bertz CT molecular complexity index is 94.3. The van der Waals surface area contributed by atoms with Crippen molar-refractivity contribution >= 4 is 15.7 Å². The molecule has 4 heteroatoms. The van der Waals surface area contributed by atoms with E-state index >= 15 is 0 Å². The van der Waals surface area contributed by atoms with E-state index in [1.165, 1.54) is 0 Å². The number of hydrogen-bond acceptors (Lipinski definition) is 2. The molecule has 0 amide bonds. The first kappa shape index (κ1) is 8.15. The Morgan fingerprint density at radius 3 is 2.50 bits per heavy atom. The summed E-state index contributed by atoms with van der Waals surface area (Å²) in [5.74, 6) is 0.879. The van der Waals surface area contributed by atoms with Crippen LogP contribution in [-0.4, -0.2) is 33.2 Å². The van der Waals surface area contributed by atoms with Gasteiger partial charge in [0, 0.05) is 0 Å². The highest BCUT2D eigenvalue weighted by Gasteiger charge is 2.28. The zero-order valence-electron chi connectivity index (χ0n) is 6.87. The molecule has 2 nitrogen and oxygen atoms in total. The highest BCUT2D eigenvalue weighted by atomic mass is 16.6. The van der Waals surface area contributed by atoms with Crippen molar-refractivity contribution in [1.82, 2.24) is 0 Å². The molecule has 0 radical (unpaired) electrons. The maximum absolute atomic E-state index is 9.24. The summed E-state index contributed by atoms with van der Waals surface area (Å²) >= 11 is 0. The van der Waals surface area contributed by atoms with Gasteiger partial charge in [0.2, 0.25) is 0 Å². The van der Waals surface area contributed by atoms with E-state index in [2.05, 4.69) is 7.85 Å². The molecular formula is C6H14B2O2. The predicted octanol–water partition coefficient (Wildman–Crippen LogP) is -1.04. The van der Waals surface area contributed by atoms with E-state index in [0.717, 1.165) is 6.42 Å². The monoisotopic (exact) mass is 140 g/mol. The standard InChI is InChI=1S/C6H14B2O2/c1-3-4(7)2-5(8)6(9)10-3/h3-6,9H,2,7-8H2,1H3. The third kappa shape index (κ3) is 1.55. The molecule has 1 fully saturated rings. The van der Waals surface area contributed by atoms with Gasteiger partial charge in [-0.1, -0.05) is 6.42 Å². The van der Waals surface area contributed by atoms with E-state index in [4.69, 9.17) is 4.74 Å². The molecule has 1 heterocycles. The summed E-state index contributed by atoms with van der Waals surface area (Å²) in [6.07, 6.45) is 0.750. The molecule has 0 spiro atoms. The largest absolute Gasteiger partial charge is 0.368 e. The van der Waals surface area contributed by atoms with Crippen LogP contribution in [0.4, 0.5) is 0 Å². The van der Waals surface area contributed by atoms with E-state index in [9.17, 15) is 5.11 Å². The van der Waals surface area contributed by atoms with Gasteiger partial charge in [-0.3, -0.25) is 0 Å². The SMILES string of the molecule is BC1CC(B)C(O)OC1C. The molecule has 1 aliphatic rings. The molecule has 4 unspecified atom stereocenters. The van der Waals surface area contributed by atoms with Gasteiger partial charge >= 0.3 is 0 Å². The first-order valence-corrected chi connectivity index (χ1v) is 3.94. The lowest BCUT2D eigenvalue weighted by Gasteiger charge is -2.34. The van der Waals surface area contributed by atoms with Gasteiger partial charge in [0.25, 0.3) is 0 Å². The van der Waals surface area contributed by atoms with Gasteiger partial charge in [0.05, 0.1) is 6.10 Å². The van der Waals surface area contributed by atoms with Crippen LogP contribution in [-0.2, 0) is 4.74 Å². The van der Waals surface area contributed by atoms with Crippen molar-refractivity contribution in [2.24, 2.45) is 0 Å². The van der Waals surface area contributed by atoms with Crippen molar-refractivity contribution in [3.63, 3.8) is 0 Å². The topological polar surface area (TPSA) is 29.5 Å². The molecule has 0 aromatic heterocycles. The maximum Gasteiger partial charge on any atom is 0.150 e. The van der Waals surface area contributed by atoms with Crippen LogP contribution in [0.15, 0.2) is 0 Å². The molecule has 1 saturated heterocycles. The third-order valence-electron chi connectivity index (χ3n) is 2.39. The fourth-order valence-corrected chi connectivity index (χ4v) is 1.38. The van der Waals surface area contributed by atoms with Gasteiger partial charge in [-0.2, -0.15) is 0 Å². The minimum Gasteiger partial charge on any atom is -0.368 e. The van der Waals surface area contributed by atoms with E-state index in [0.29, 0.717) is 11.6 Å². The molecule has 10 heavy (non-hydrogen) atoms. The lowest BCUT2D eigenvalue weighted by atomic mass is 9.68. The van der Waals surface area contributed by atoms with E-state index in [-0.39, 0.29) is 6.10 Å². The number of aliphatic hydroxyl groups is 1. The first-order chi connectivity index (χ1) is 4.61. The van der Waals surface area contributed by atoms with Crippen molar-refractivity contribution in [3.05, 3.63) is 0 Å². The average Bonchev–Trinajstić information content (AvgIpc) is 1.84. The van der Waals surface area contributed by atoms with Crippen LogP contribution in [0.3, 0.4) is 0 Å². The smallest absolute Gasteiger partial charge is 0.150 e. The quantitative estimate of drug-likeness (QED) is 0.435. The Labute approximate surface area is 63.8 Å². The van der Waals surface area contributed by atoms with Crippen molar-refractivity contribution in [1.29, 1.82) is 0 Å². The lowest BCUT2D eigenvalue weighted by molar-refractivity contribution is -0.154. The van der Waals surface area contributed by atoms with Crippen molar-refractivity contribution < 1.29 is 9.84 Å². The van der Waals surface area contributed by atoms with Gasteiger partial charge in [-0.05, 0) is 18.6 Å². The zero-order valence-corrected chi connectivity index (χ0v) is 6.87. The number of hydrogen-bond donors (Lipinski definition) is 1. The van der Waals surface area contributed by atoms with Crippen LogP contribution in [0.5, 0.6) is 0 Å². The van der Waals surface area contributed by atoms with E-state index < -0.39 is 6.29 Å². The molecule has 4 atom stereocenters. The van der Waals surface area contributed by atoms with Gasteiger partial charge < -0.3 is 9.84 Å². The van der Waals surface area contributed by atoms with Crippen molar-refractivity contribution in [2.75, 3.05) is 0 Å². The van der Waals surface area contributed by atoms with Gasteiger partial charge in [0.15, 0.2) is 6.29 Å². The summed E-state index contributed by atoms with van der Waals surface area (Å²) < 4.78 is 5.27. The van der Waals surface area contributed by atoms with Crippen LogP contribution in [0.1, 0.15) is 13.3 Å². The van der Waals surface area contributed by atoms with Gasteiger partial charge in [-0.25, -0.2) is 0 Å². The molecule has 0 aliphatic carbocycles. The average molecular weight is 140 g/mol. The van der Waals surface area contributed by atoms with E-state index in [1.54, 1.807) is 0 Å². The summed E-state index contributed by atoms with van der Waals surface area (Å²) in [5.41, 5.74) is 0. The predicted molar refractivity (Wildman–Crippen MR) is 45.8 cm³/mol. The van der Waals surface area contributed by atoms with Gasteiger partial charge in [0.1, 0.15) is 15.7 Å². The Kier molecular flexibility index (Phi) is 2.42. The highest BCUT2D eigenvalue weighted by molar-refractivity contribution is 6.15. The zero-order chi connectivity index (χ0) is 7.72. The van der Waals surface area contributed by atoms with Crippen molar-refractivity contribution in [2.45, 2.75) is 37.4 Å². The van der Waals surface area contributed by atoms with Crippen LogP contribution in [0.2, 0.25) is 11.6 Å². The molecule has 56 valence electrons. The maximum atomic E-state index is 9.24. The van der Waals surface area contributed by atoms with Gasteiger partial charge in [-0.15, -0.1) is 0 Å². The Balaban J connectivity index is 2.46. The first-order valence-electron chi connectivity index (χ1n) is 3.94. The molecule has 0 saturated carbocycles. The van der Waals surface area contributed by atoms with Crippen LogP contribution >= 0.6 is 0 Å².